The molecule has 1 aromatic heterocycles. The monoisotopic (exact) mass is 285 g/mol. The van der Waals surface area contributed by atoms with E-state index in [-0.39, 0.29) is 23.5 Å². The van der Waals surface area contributed by atoms with Crippen LogP contribution in [0.15, 0.2) is 41.3 Å². The Labute approximate surface area is 119 Å². The van der Waals surface area contributed by atoms with Crippen LogP contribution >= 0.6 is 0 Å². The molecule has 0 N–H and O–H groups in total. The van der Waals surface area contributed by atoms with Crippen molar-refractivity contribution < 1.29 is 9.66 Å². The summed E-state index contributed by atoms with van der Waals surface area (Å²) in [6, 6.07) is 9.23. The first-order valence-electron chi connectivity index (χ1n) is 5.97. The molecular weight excluding hydrogens is 274 g/mol. The van der Waals surface area contributed by atoms with Crippen LogP contribution in [0, 0.1) is 21.4 Å². The second kappa shape index (κ2) is 5.88. The van der Waals surface area contributed by atoms with Gasteiger partial charge in [-0.15, -0.1) is 0 Å². The van der Waals surface area contributed by atoms with E-state index in [2.05, 4.69) is 0 Å². The molecule has 0 aliphatic heterocycles. The number of ether oxygens (including phenoxy) is 1. The Morgan fingerprint density at radius 1 is 1.33 bits per heavy atom. The number of nitriles is 1. The highest BCUT2D eigenvalue weighted by atomic mass is 16.6. The summed E-state index contributed by atoms with van der Waals surface area (Å²) in [5, 5.41) is 19.6. The zero-order chi connectivity index (χ0) is 15.4. The lowest BCUT2D eigenvalue weighted by Crippen LogP contribution is -2.23. The number of nitrogens with zero attached hydrogens (tertiary/aromatic N) is 3. The molecule has 0 saturated heterocycles. The van der Waals surface area contributed by atoms with Gasteiger partial charge < -0.3 is 9.30 Å². The maximum absolute atomic E-state index is 12.1. The third kappa shape index (κ3) is 2.90. The molecule has 0 amide bonds. The average molecular weight is 285 g/mol. The SMILES string of the molecule is COc1ccn(Cc2ccc([N+](=O)[O-])cc2)c(=O)c1C#N. The quantitative estimate of drug-likeness (QED) is 0.628. The van der Waals surface area contributed by atoms with Crippen molar-refractivity contribution in [2.75, 3.05) is 7.11 Å². The van der Waals surface area contributed by atoms with Gasteiger partial charge in [0.15, 0.2) is 5.56 Å². The lowest BCUT2D eigenvalue weighted by atomic mass is 10.2. The van der Waals surface area contributed by atoms with E-state index in [9.17, 15) is 14.9 Å². The first-order valence-corrected chi connectivity index (χ1v) is 5.97. The first-order chi connectivity index (χ1) is 10.1. The summed E-state index contributed by atoms with van der Waals surface area (Å²) in [6.07, 6.45) is 1.52. The summed E-state index contributed by atoms with van der Waals surface area (Å²) >= 11 is 0. The van der Waals surface area contributed by atoms with Gasteiger partial charge in [-0.3, -0.25) is 14.9 Å². The molecular formula is C14H11N3O4. The van der Waals surface area contributed by atoms with E-state index >= 15 is 0 Å². The highest BCUT2D eigenvalue weighted by Crippen LogP contribution is 2.15. The number of nitro groups is 1. The Kier molecular flexibility index (Phi) is 4.00. The van der Waals surface area contributed by atoms with Gasteiger partial charge in [0.25, 0.3) is 11.2 Å². The van der Waals surface area contributed by atoms with E-state index in [4.69, 9.17) is 10.00 Å². The Balaban J connectivity index is 2.34. The van der Waals surface area contributed by atoms with Gasteiger partial charge in [-0.2, -0.15) is 5.26 Å². The van der Waals surface area contributed by atoms with E-state index in [1.165, 1.54) is 36.1 Å². The Morgan fingerprint density at radius 2 is 2.00 bits per heavy atom. The molecule has 0 unspecified atom stereocenters. The standard InChI is InChI=1S/C14H11N3O4/c1-21-13-6-7-16(14(18)12(13)8-15)9-10-2-4-11(5-3-10)17(19)20/h2-7H,9H2,1H3. The number of hydrogen-bond acceptors (Lipinski definition) is 5. The van der Waals surface area contributed by atoms with Gasteiger partial charge in [0.1, 0.15) is 11.8 Å². The van der Waals surface area contributed by atoms with Crippen molar-refractivity contribution in [1.29, 1.82) is 5.26 Å². The van der Waals surface area contributed by atoms with Crippen LogP contribution in [0.5, 0.6) is 5.75 Å². The van der Waals surface area contributed by atoms with Crippen molar-refractivity contribution in [3.05, 3.63) is 68.1 Å². The third-order valence-corrected chi connectivity index (χ3v) is 2.96. The smallest absolute Gasteiger partial charge is 0.272 e. The number of pyridine rings is 1. The van der Waals surface area contributed by atoms with Crippen LogP contribution in [0.2, 0.25) is 0 Å². The molecule has 2 aromatic rings. The third-order valence-electron chi connectivity index (χ3n) is 2.96. The van der Waals surface area contributed by atoms with Crippen molar-refractivity contribution in [2.24, 2.45) is 0 Å². The van der Waals surface area contributed by atoms with Crippen LogP contribution in [0.3, 0.4) is 0 Å². The number of benzene rings is 1. The van der Waals surface area contributed by atoms with Crippen molar-refractivity contribution in [2.45, 2.75) is 6.54 Å². The highest BCUT2D eigenvalue weighted by molar-refractivity contribution is 5.41. The minimum absolute atomic E-state index is 0.0152. The van der Waals surface area contributed by atoms with Gasteiger partial charge in [0.2, 0.25) is 0 Å². The van der Waals surface area contributed by atoms with Gasteiger partial charge >= 0.3 is 0 Å². The molecule has 7 heteroatoms. The fourth-order valence-electron chi connectivity index (χ4n) is 1.87. The van der Waals surface area contributed by atoms with E-state index in [0.717, 1.165) is 5.56 Å². The van der Waals surface area contributed by atoms with Gasteiger partial charge in [-0.25, -0.2) is 0 Å². The van der Waals surface area contributed by atoms with E-state index < -0.39 is 10.5 Å². The fraction of sp³-hybridized carbons (Fsp3) is 0.143. The van der Waals surface area contributed by atoms with Crippen molar-refractivity contribution in [3.63, 3.8) is 0 Å². The Hall–Kier alpha value is -3.14. The molecule has 0 aliphatic carbocycles. The van der Waals surface area contributed by atoms with Crippen LogP contribution in [-0.2, 0) is 6.54 Å². The molecule has 1 heterocycles. The molecule has 0 radical (unpaired) electrons. The normalized spacial score (nSPS) is 9.90. The molecule has 0 bridgehead atoms. The number of aromatic nitrogens is 1. The lowest BCUT2D eigenvalue weighted by molar-refractivity contribution is -0.384. The molecule has 0 aliphatic rings. The summed E-state index contributed by atoms with van der Waals surface area (Å²) in [4.78, 5) is 22.2. The summed E-state index contributed by atoms with van der Waals surface area (Å²) in [5.41, 5.74) is 0.174. The summed E-state index contributed by atoms with van der Waals surface area (Å²) in [5.74, 6) is 0.224. The number of non-ortho nitro benzene ring substituents is 1. The minimum Gasteiger partial charge on any atom is -0.495 e. The molecule has 21 heavy (non-hydrogen) atoms. The molecule has 2 rings (SSSR count). The van der Waals surface area contributed by atoms with Gasteiger partial charge in [0.05, 0.1) is 18.6 Å². The molecule has 0 fully saturated rings. The maximum atomic E-state index is 12.1. The predicted octanol–water partition coefficient (Wildman–Crippen LogP) is 1.69. The van der Waals surface area contributed by atoms with Crippen LogP contribution in [-0.4, -0.2) is 16.6 Å². The zero-order valence-corrected chi connectivity index (χ0v) is 11.1. The summed E-state index contributed by atoms with van der Waals surface area (Å²) in [7, 11) is 1.39. The average Bonchev–Trinajstić information content (AvgIpc) is 2.49. The van der Waals surface area contributed by atoms with Gasteiger partial charge in [-0.1, -0.05) is 12.1 Å². The molecule has 1 aromatic carbocycles. The maximum Gasteiger partial charge on any atom is 0.272 e. The summed E-state index contributed by atoms with van der Waals surface area (Å²) < 4.78 is 6.30. The minimum atomic E-state index is -0.489. The van der Waals surface area contributed by atoms with Gasteiger partial charge in [-0.05, 0) is 11.6 Å². The van der Waals surface area contributed by atoms with E-state index in [1.54, 1.807) is 12.1 Å². The van der Waals surface area contributed by atoms with E-state index in [1.807, 2.05) is 6.07 Å². The van der Waals surface area contributed by atoms with Crippen molar-refractivity contribution >= 4 is 5.69 Å². The number of rotatable bonds is 4. The molecule has 0 saturated carbocycles. The Morgan fingerprint density at radius 3 is 2.52 bits per heavy atom. The number of nitro benzene ring substituents is 1. The van der Waals surface area contributed by atoms with Crippen LogP contribution in [0.1, 0.15) is 11.1 Å². The van der Waals surface area contributed by atoms with Crippen LogP contribution < -0.4 is 10.3 Å². The van der Waals surface area contributed by atoms with E-state index in [0.29, 0.717) is 0 Å². The largest absolute Gasteiger partial charge is 0.495 e. The molecule has 0 atom stereocenters. The topological polar surface area (TPSA) is 98.2 Å². The fourth-order valence-corrected chi connectivity index (χ4v) is 1.87. The molecule has 7 nitrogen and oxygen atoms in total. The zero-order valence-electron chi connectivity index (χ0n) is 11.1. The first kappa shape index (κ1) is 14.3. The Bertz CT molecular complexity index is 772. The van der Waals surface area contributed by atoms with Crippen LogP contribution in [0.25, 0.3) is 0 Å². The molecule has 106 valence electrons. The van der Waals surface area contributed by atoms with Crippen LogP contribution in [0.4, 0.5) is 5.69 Å². The lowest BCUT2D eigenvalue weighted by Gasteiger charge is -2.08. The van der Waals surface area contributed by atoms with Crippen molar-refractivity contribution in [1.82, 2.24) is 4.57 Å². The number of hydrogen-bond donors (Lipinski definition) is 0. The van der Waals surface area contributed by atoms with Gasteiger partial charge in [0, 0.05) is 18.3 Å². The van der Waals surface area contributed by atoms with Crippen molar-refractivity contribution in [3.8, 4) is 11.8 Å². The number of methoxy groups -OCH3 is 1. The second-order valence-corrected chi connectivity index (χ2v) is 4.23. The summed E-state index contributed by atoms with van der Waals surface area (Å²) in [6.45, 7) is 0.218. The highest BCUT2D eigenvalue weighted by Gasteiger charge is 2.11. The molecule has 0 spiro atoms. The second-order valence-electron chi connectivity index (χ2n) is 4.23. The predicted molar refractivity (Wildman–Crippen MR) is 74.2 cm³/mol.